The minimum atomic E-state index is -0.616. The quantitative estimate of drug-likeness (QED) is 0.828. The second kappa shape index (κ2) is 5.66. The van der Waals surface area contributed by atoms with Crippen LogP contribution in [-0.2, 0) is 0 Å². The fourth-order valence-electron chi connectivity index (χ4n) is 1.74. The third-order valence-corrected chi connectivity index (χ3v) is 2.75. The van der Waals surface area contributed by atoms with Gasteiger partial charge in [0.15, 0.2) is 0 Å². The molecule has 0 saturated heterocycles. The summed E-state index contributed by atoms with van der Waals surface area (Å²) in [4.78, 5) is 11.1. The van der Waals surface area contributed by atoms with E-state index in [1.165, 1.54) is 6.07 Å². The van der Waals surface area contributed by atoms with Gasteiger partial charge in [0, 0.05) is 22.9 Å². The highest BCUT2D eigenvalue weighted by molar-refractivity contribution is 5.94. The van der Waals surface area contributed by atoms with E-state index in [4.69, 9.17) is 5.73 Å². The molecule has 3 N–H and O–H groups in total. The summed E-state index contributed by atoms with van der Waals surface area (Å²) in [6, 6.07) is 3.02. The topological polar surface area (TPSA) is 55.1 Å². The smallest absolute Gasteiger partial charge is 0.248 e. The summed E-state index contributed by atoms with van der Waals surface area (Å²) in [6.45, 7) is 5.80. The van der Waals surface area contributed by atoms with Crippen molar-refractivity contribution in [2.45, 2.75) is 39.7 Å². The molecule has 3 nitrogen and oxygen atoms in total. The van der Waals surface area contributed by atoms with E-state index in [0.29, 0.717) is 11.3 Å². The first-order chi connectivity index (χ1) is 7.95. The summed E-state index contributed by atoms with van der Waals surface area (Å²) in [5.41, 5.74) is 6.50. The Balaban J connectivity index is 3.01. The predicted molar refractivity (Wildman–Crippen MR) is 67.6 cm³/mol. The van der Waals surface area contributed by atoms with Crippen molar-refractivity contribution >= 4 is 11.6 Å². The van der Waals surface area contributed by atoms with Gasteiger partial charge in [-0.1, -0.05) is 13.3 Å². The Bertz CT molecular complexity index is 418. The Morgan fingerprint density at radius 2 is 2.18 bits per heavy atom. The molecular weight excluding hydrogens is 219 g/mol. The molecule has 1 aromatic rings. The predicted octanol–water partition coefficient (Wildman–Crippen LogP) is 2.83. The molecule has 94 valence electrons. The Kier molecular flexibility index (Phi) is 4.49. The van der Waals surface area contributed by atoms with Crippen LogP contribution in [0.5, 0.6) is 0 Å². The van der Waals surface area contributed by atoms with Crippen molar-refractivity contribution in [1.29, 1.82) is 0 Å². The summed E-state index contributed by atoms with van der Waals surface area (Å²) in [7, 11) is 0. The molecule has 4 heteroatoms. The molecule has 1 unspecified atom stereocenters. The van der Waals surface area contributed by atoms with Crippen molar-refractivity contribution in [2.75, 3.05) is 5.32 Å². The zero-order valence-electron chi connectivity index (χ0n) is 10.5. The van der Waals surface area contributed by atoms with Gasteiger partial charge in [-0.15, -0.1) is 0 Å². The normalized spacial score (nSPS) is 12.2. The van der Waals surface area contributed by atoms with E-state index >= 15 is 0 Å². The first-order valence-electron chi connectivity index (χ1n) is 5.82. The Hall–Kier alpha value is -1.58. The summed E-state index contributed by atoms with van der Waals surface area (Å²) >= 11 is 0. The van der Waals surface area contributed by atoms with Gasteiger partial charge in [-0.3, -0.25) is 4.79 Å². The molecule has 0 spiro atoms. The summed E-state index contributed by atoms with van der Waals surface area (Å²) in [5.74, 6) is -1.03. The number of amides is 1. The van der Waals surface area contributed by atoms with Crippen molar-refractivity contribution in [3.05, 3.63) is 29.1 Å². The number of carbonyl (C=O) groups excluding carboxylic acids is 1. The highest BCUT2D eigenvalue weighted by Gasteiger charge is 2.11. The average Bonchev–Trinajstić information content (AvgIpc) is 2.24. The lowest BCUT2D eigenvalue weighted by Gasteiger charge is -2.17. The van der Waals surface area contributed by atoms with Crippen molar-refractivity contribution in [3.8, 4) is 0 Å². The van der Waals surface area contributed by atoms with E-state index in [1.807, 2.05) is 6.92 Å². The van der Waals surface area contributed by atoms with Crippen LogP contribution >= 0.6 is 0 Å². The third-order valence-electron chi connectivity index (χ3n) is 2.75. The summed E-state index contributed by atoms with van der Waals surface area (Å²) in [6.07, 6.45) is 2.03. The number of carbonyl (C=O) groups is 1. The number of rotatable bonds is 5. The van der Waals surface area contributed by atoms with Gasteiger partial charge in [-0.2, -0.15) is 0 Å². The molecular formula is C13H19FN2O. The maximum Gasteiger partial charge on any atom is 0.248 e. The molecule has 0 saturated carbocycles. The number of benzene rings is 1. The van der Waals surface area contributed by atoms with Crippen LogP contribution in [0.15, 0.2) is 12.1 Å². The highest BCUT2D eigenvalue weighted by atomic mass is 19.1. The largest absolute Gasteiger partial charge is 0.382 e. The van der Waals surface area contributed by atoms with Crippen molar-refractivity contribution in [3.63, 3.8) is 0 Å². The molecule has 0 fully saturated rings. The summed E-state index contributed by atoms with van der Waals surface area (Å²) in [5, 5.41) is 3.20. The van der Waals surface area contributed by atoms with Gasteiger partial charge in [0.05, 0.1) is 0 Å². The number of primary amides is 1. The minimum Gasteiger partial charge on any atom is -0.382 e. The Morgan fingerprint density at radius 1 is 1.53 bits per heavy atom. The van der Waals surface area contributed by atoms with Crippen LogP contribution in [0.25, 0.3) is 0 Å². The Labute approximate surface area is 101 Å². The minimum absolute atomic E-state index is 0.194. The standard InChI is InChI=1S/C13H19FN2O/c1-4-5-8(2)16-12-7-10(13(15)17)6-11(14)9(12)3/h6-8,16H,4-5H2,1-3H3,(H2,15,17). The van der Waals surface area contributed by atoms with Gasteiger partial charge in [-0.05, 0) is 32.4 Å². The molecule has 0 bridgehead atoms. The van der Waals surface area contributed by atoms with Crippen molar-refractivity contribution in [2.24, 2.45) is 5.73 Å². The SMILES string of the molecule is CCCC(C)Nc1cc(C(N)=O)cc(F)c1C. The third kappa shape index (κ3) is 3.44. The first kappa shape index (κ1) is 13.5. The molecule has 0 radical (unpaired) electrons. The van der Waals surface area contributed by atoms with E-state index in [1.54, 1.807) is 13.0 Å². The number of nitrogens with one attached hydrogen (secondary N) is 1. The van der Waals surface area contributed by atoms with Crippen LogP contribution in [0.2, 0.25) is 0 Å². The number of halogens is 1. The number of hydrogen-bond donors (Lipinski definition) is 2. The maximum absolute atomic E-state index is 13.6. The number of hydrogen-bond acceptors (Lipinski definition) is 2. The van der Waals surface area contributed by atoms with Crippen LogP contribution in [-0.4, -0.2) is 11.9 Å². The lowest BCUT2D eigenvalue weighted by Crippen LogP contribution is -2.17. The van der Waals surface area contributed by atoms with Gasteiger partial charge in [0.1, 0.15) is 5.82 Å². The van der Waals surface area contributed by atoms with E-state index in [2.05, 4.69) is 12.2 Å². The van der Waals surface area contributed by atoms with E-state index in [-0.39, 0.29) is 11.6 Å². The maximum atomic E-state index is 13.6. The average molecular weight is 238 g/mol. The van der Waals surface area contributed by atoms with Gasteiger partial charge < -0.3 is 11.1 Å². The van der Waals surface area contributed by atoms with Gasteiger partial charge >= 0.3 is 0 Å². The zero-order chi connectivity index (χ0) is 13.0. The monoisotopic (exact) mass is 238 g/mol. The molecule has 0 aromatic heterocycles. The Morgan fingerprint density at radius 3 is 2.71 bits per heavy atom. The molecule has 17 heavy (non-hydrogen) atoms. The molecule has 1 amide bonds. The van der Waals surface area contributed by atoms with Crippen LogP contribution in [0, 0.1) is 12.7 Å². The van der Waals surface area contributed by atoms with E-state index < -0.39 is 11.7 Å². The molecule has 0 aliphatic rings. The second-order valence-corrected chi connectivity index (χ2v) is 4.33. The van der Waals surface area contributed by atoms with Crippen LogP contribution in [0.4, 0.5) is 10.1 Å². The lowest BCUT2D eigenvalue weighted by molar-refractivity contribution is 0.1000. The highest BCUT2D eigenvalue weighted by Crippen LogP contribution is 2.22. The van der Waals surface area contributed by atoms with E-state index in [0.717, 1.165) is 12.8 Å². The van der Waals surface area contributed by atoms with E-state index in [9.17, 15) is 9.18 Å². The van der Waals surface area contributed by atoms with Crippen LogP contribution in [0.3, 0.4) is 0 Å². The van der Waals surface area contributed by atoms with Gasteiger partial charge in [-0.25, -0.2) is 4.39 Å². The molecule has 1 rings (SSSR count). The molecule has 0 aliphatic heterocycles. The second-order valence-electron chi connectivity index (χ2n) is 4.33. The molecule has 1 atom stereocenters. The fraction of sp³-hybridized carbons (Fsp3) is 0.462. The van der Waals surface area contributed by atoms with Crippen molar-refractivity contribution < 1.29 is 9.18 Å². The molecule has 0 heterocycles. The van der Waals surface area contributed by atoms with Gasteiger partial charge in [0.25, 0.3) is 0 Å². The van der Waals surface area contributed by atoms with Crippen molar-refractivity contribution in [1.82, 2.24) is 0 Å². The molecule has 0 aliphatic carbocycles. The summed E-state index contributed by atoms with van der Waals surface area (Å²) < 4.78 is 13.6. The van der Waals surface area contributed by atoms with Crippen LogP contribution < -0.4 is 11.1 Å². The fourth-order valence-corrected chi connectivity index (χ4v) is 1.74. The zero-order valence-corrected chi connectivity index (χ0v) is 10.5. The first-order valence-corrected chi connectivity index (χ1v) is 5.82. The van der Waals surface area contributed by atoms with Crippen LogP contribution in [0.1, 0.15) is 42.6 Å². The number of nitrogens with two attached hydrogens (primary N) is 1. The lowest BCUT2D eigenvalue weighted by atomic mass is 10.1. The molecule has 1 aromatic carbocycles. The van der Waals surface area contributed by atoms with Gasteiger partial charge in [0.2, 0.25) is 5.91 Å². The number of anilines is 1.